The van der Waals surface area contributed by atoms with E-state index in [1.54, 1.807) is 0 Å². The number of hydrogen-bond acceptors (Lipinski definition) is 2. The Morgan fingerprint density at radius 1 is 0.818 bits per heavy atom. The van der Waals surface area contributed by atoms with Gasteiger partial charge in [0.1, 0.15) is 12.4 Å². The summed E-state index contributed by atoms with van der Waals surface area (Å²) in [4.78, 5) is 2.48. The Labute approximate surface area is 139 Å². The quantitative estimate of drug-likeness (QED) is 0.792. The summed E-state index contributed by atoms with van der Waals surface area (Å²) in [5.41, 5.74) is 2.67. The van der Waals surface area contributed by atoms with Crippen LogP contribution in [0, 0.1) is 0 Å². The highest BCUT2D eigenvalue weighted by Gasteiger charge is 2.10. The van der Waals surface area contributed by atoms with E-state index in [2.05, 4.69) is 59.5 Å². The second kappa shape index (κ2) is 8.82. The van der Waals surface area contributed by atoms with E-state index in [1.165, 1.54) is 37.1 Å². The first-order chi connectivity index (χ1) is 10.4. The molecule has 1 fully saturated rings. The topological polar surface area (TPSA) is 12.5 Å². The summed E-state index contributed by atoms with van der Waals surface area (Å²) in [6.45, 7) is 4.31. The van der Waals surface area contributed by atoms with Crippen LogP contribution in [0.1, 0.15) is 24.0 Å². The zero-order valence-corrected chi connectivity index (χ0v) is 13.7. The van der Waals surface area contributed by atoms with Crippen molar-refractivity contribution in [3.05, 3.63) is 65.7 Å². The fraction of sp³-hybridized carbons (Fsp3) is 0.368. The third-order valence-corrected chi connectivity index (χ3v) is 4.05. The molecule has 1 heterocycles. The number of rotatable bonds is 6. The summed E-state index contributed by atoms with van der Waals surface area (Å²) in [7, 11) is 0. The summed E-state index contributed by atoms with van der Waals surface area (Å²) in [6, 6.07) is 19.1. The third kappa shape index (κ3) is 5.04. The maximum Gasteiger partial charge on any atom is 0.119 e. The van der Waals surface area contributed by atoms with Crippen molar-refractivity contribution in [2.45, 2.75) is 19.3 Å². The Bertz CT molecular complexity index is 535. The van der Waals surface area contributed by atoms with Gasteiger partial charge in [0.15, 0.2) is 0 Å². The minimum absolute atomic E-state index is 0. The largest absolute Gasteiger partial charge is 0.492 e. The molecule has 0 amide bonds. The zero-order valence-electron chi connectivity index (χ0n) is 12.9. The monoisotopic (exact) mass is 317 g/mol. The third-order valence-electron chi connectivity index (χ3n) is 4.05. The molecular formula is C19H24ClNO. The standard InChI is InChI=1S/C19H23NO.ClH/c1-2-6-17(7-3-1)16-18-8-10-19(11-9-18)21-15-14-20-12-4-5-13-20;/h1-3,6-11H,4-5,12-16H2;1H. The summed E-state index contributed by atoms with van der Waals surface area (Å²) < 4.78 is 5.83. The molecule has 0 aliphatic carbocycles. The molecule has 0 saturated carbocycles. The molecule has 1 aliphatic rings. The minimum atomic E-state index is 0. The van der Waals surface area contributed by atoms with E-state index < -0.39 is 0 Å². The average Bonchev–Trinajstić information content (AvgIpc) is 3.03. The highest BCUT2D eigenvalue weighted by atomic mass is 35.5. The van der Waals surface area contributed by atoms with Crippen LogP contribution in [0.2, 0.25) is 0 Å². The molecule has 2 aromatic rings. The van der Waals surface area contributed by atoms with Gasteiger partial charge >= 0.3 is 0 Å². The maximum atomic E-state index is 5.83. The van der Waals surface area contributed by atoms with Gasteiger partial charge in [-0.3, -0.25) is 4.90 Å². The highest BCUT2D eigenvalue weighted by Crippen LogP contribution is 2.15. The van der Waals surface area contributed by atoms with Crippen molar-refractivity contribution >= 4 is 12.4 Å². The minimum Gasteiger partial charge on any atom is -0.492 e. The first-order valence-electron chi connectivity index (χ1n) is 7.88. The van der Waals surface area contributed by atoms with Gasteiger partial charge in [0, 0.05) is 6.54 Å². The zero-order chi connectivity index (χ0) is 14.3. The normalized spacial score (nSPS) is 14.5. The molecule has 0 spiro atoms. The van der Waals surface area contributed by atoms with Crippen LogP contribution in [0.3, 0.4) is 0 Å². The van der Waals surface area contributed by atoms with Crippen LogP contribution in [0.4, 0.5) is 0 Å². The van der Waals surface area contributed by atoms with Crippen LogP contribution < -0.4 is 4.74 Å². The molecule has 2 aromatic carbocycles. The van der Waals surface area contributed by atoms with Gasteiger partial charge in [0.25, 0.3) is 0 Å². The van der Waals surface area contributed by atoms with E-state index in [9.17, 15) is 0 Å². The Balaban J connectivity index is 0.00000176. The van der Waals surface area contributed by atoms with E-state index in [1.807, 2.05) is 0 Å². The number of nitrogens with zero attached hydrogens (tertiary/aromatic N) is 1. The van der Waals surface area contributed by atoms with Crippen LogP contribution in [0.25, 0.3) is 0 Å². The van der Waals surface area contributed by atoms with E-state index >= 15 is 0 Å². The van der Waals surface area contributed by atoms with Crippen molar-refractivity contribution in [3.8, 4) is 5.75 Å². The number of hydrogen-bond donors (Lipinski definition) is 0. The predicted octanol–water partition coefficient (Wildman–Crippen LogP) is 4.17. The Hall–Kier alpha value is -1.51. The molecule has 0 unspecified atom stereocenters. The second-order valence-corrected chi connectivity index (χ2v) is 5.70. The van der Waals surface area contributed by atoms with Crippen LogP contribution in [0.15, 0.2) is 54.6 Å². The molecule has 3 heteroatoms. The Morgan fingerprint density at radius 2 is 1.45 bits per heavy atom. The van der Waals surface area contributed by atoms with Gasteiger partial charge in [-0.15, -0.1) is 12.4 Å². The number of halogens is 1. The number of likely N-dealkylation sites (tertiary alicyclic amines) is 1. The van der Waals surface area contributed by atoms with Gasteiger partial charge in [-0.05, 0) is 55.6 Å². The SMILES string of the molecule is Cl.c1ccc(Cc2ccc(OCCN3CCCC3)cc2)cc1. The summed E-state index contributed by atoms with van der Waals surface area (Å²) in [5, 5.41) is 0. The lowest BCUT2D eigenvalue weighted by Gasteiger charge is -2.15. The van der Waals surface area contributed by atoms with Gasteiger partial charge < -0.3 is 4.74 Å². The smallest absolute Gasteiger partial charge is 0.119 e. The summed E-state index contributed by atoms with van der Waals surface area (Å²) in [5.74, 6) is 0.978. The van der Waals surface area contributed by atoms with Gasteiger partial charge in [-0.2, -0.15) is 0 Å². The fourth-order valence-corrected chi connectivity index (χ4v) is 2.83. The van der Waals surface area contributed by atoms with Crippen molar-refractivity contribution in [2.75, 3.05) is 26.2 Å². The molecule has 0 aromatic heterocycles. The van der Waals surface area contributed by atoms with Crippen LogP contribution in [-0.2, 0) is 6.42 Å². The van der Waals surface area contributed by atoms with Crippen LogP contribution >= 0.6 is 12.4 Å². The van der Waals surface area contributed by atoms with E-state index in [4.69, 9.17) is 4.74 Å². The van der Waals surface area contributed by atoms with E-state index in [-0.39, 0.29) is 12.4 Å². The van der Waals surface area contributed by atoms with Crippen molar-refractivity contribution in [1.29, 1.82) is 0 Å². The van der Waals surface area contributed by atoms with E-state index in [0.717, 1.165) is 25.3 Å². The molecule has 3 rings (SSSR count). The van der Waals surface area contributed by atoms with E-state index in [0.29, 0.717) is 0 Å². The number of ether oxygens (including phenoxy) is 1. The molecule has 1 saturated heterocycles. The fourth-order valence-electron chi connectivity index (χ4n) is 2.83. The van der Waals surface area contributed by atoms with Gasteiger partial charge in [0.05, 0.1) is 0 Å². The van der Waals surface area contributed by atoms with Gasteiger partial charge in [-0.25, -0.2) is 0 Å². The molecule has 0 radical (unpaired) electrons. The molecule has 118 valence electrons. The lowest BCUT2D eigenvalue weighted by molar-refractivity contribution is 0.238. The molecule has 2 nitrogen and oxygen atoms in total. The maximum absolute atomic E-state index is 5.83. The molecule has 0 atom stereocenters. The molecule has 0 bridgehead atoms. The van der Waals surface area contributed by atoms with Crippen molar-refractivity contribution < 1.29 is 4.74 Å². The Kier molecular flexibility index (Phi) is 6.75. The average molecular weight is 318 g/mol. The Morgan fingerprint density at radius 3 is 2.14 bits per heavy atom. The van der Waals surface area contributed by atoms with Crippen LogP contribution in [0.5, 0.6) is 5.75 Å². The highest BCUT2D eigenvalue weighted by molar-refractivity contribution is 5.85. The molecule has 22 heavy (non-hydrogen) atoms. The lowest BCUT2D eigenvalue weighted by Crippen LogP contribution is -2.25. The lowest BCUT2D eigenvalue weighted by atomic mass is 10.1. The molecular weight excluding hydrogens is 294 g/mol. The van der Waals surface area contributed by atoms with Gasteiger partial charge in [-0.1, -0.05) is 42.5 Å². The van der Waals surface area contributed by atoms with Gasteiger partial charge in [0.2, 0.25) is 0 Å². The summed E-state index contributed by atoms with van der Waals surface area (Å²) in [6.07, 6.45) is 3.66. The first kappa shape index (κ1) is 16.9. The number of benzene rings is 2. The van der Waals surface area contributed by atoms with Crippen molar-refractivity contribution in [2.24, 2.45) is 0 Å². The predicted molar refractivity (Wildman–Crippen MR) is 94.1 cm³/mol. The first-order valence-corrected chi connectivity index (χ1v) is 7.88. The summed E-state index contributed by atoms with van der Waals surface area (Å²) >= 11 is 0. The van der Waals surface area contributed by atoms with Crippen molar-refractivity contribution in [1.82, 2.24) is 4.90 Å². The van der Waals surface area contributed by atoms with Crippen molar-refractivity contribution in [3.63, 3.8) is 0 Å². The van der Waals surface area contributed by atoms with Crippen LogP contribution in [-0.4, -0.2) is 31.1 Å². The molecule has 1 aliphatic heterocycles. The molecule has 0 N–H and O–H groups in total. The second-order valence-electron chi connectivity index (χ2n) is 5.70.